The van der Waals surface area contributed by atoms with E-state index in [0.29, 0.717) is 16.7 Å². The third-order valence-electron chi connectivity index (χ3n) is 3.68. The van der Waals surface area contributed by atoms with Crippen LogP contribution in [0, 0.1) is 0 Å². The number of carbonyl (C=O) groups excluding carboxylic acids is 1. The van der Waals surface area contributed by atoms with E-state index >= 15 is 0 Å². The fraction of sp³-hybridized carbons (Fsp3) is 0.533. The van der Waals surface area contributed by atoms with Crippen LogP contribution in [0.5, 0.6) is 5.75 Å². The molecule has 1 fully saturated rings. The Morgan fingerprint density at radius 3 is 2.75 bits per heavy atom. The fourth-order valence-electron chi connectivity index (χ4n) is 2.50. The predicted octanol–water partition coefficient (Wildman–Crippen LogP) is 3.78. The van der Waals surface area contributed by atoms with E-state index < -0.39 is 6.10 Å². The second kappa shape index (κ2) is 6.68. The van der Waals surface area contributed by atoms with Crippen LogP contribution >= 0.6 is 23.2 Å². The highest BCUT2D eigenvalue weighted by molar-refractivity contribution is 6.30. The van der Waals surface area contributed by atoms with Gasteiger partial charge in [0, 0.05) is 10.9 Å². The van der Waals surface area contributed by atoms with Crippen LogP contribution in [0.2, 0.25) is 5.02 Å². The Labute approximate surface area is 129 Å². The Hall–Kier alpha value is -0.930. The van der Waals surface area contributed by atoms with Crippen molar-refractivity contribution in [1.82, 2.24) is 5.32 Å². The van der Waals surface area contributed by atoms with Crippen molar-refractivity contribution in [1.29, 1.82) is 0 Å². The average molecular weight is 316 g/mol. The standard InChI is InChI=1S/C15H19Cl2NO2/c1-11(20-13-6-4-5-12(17)9-13)14(19)18-15(10-16)7-2-3-8-15/h4-6,9,11H,2-3,7-8,10H2,1H3,(H,18,19). The molecule has 1 amide bonds. The molecule has 1 aromatic carbocycles. The molecular formula is C15H19Cl2NO2. The van der Waals surface area contributed by atoms with Crippen molar-refractivity contribution < 1.29 is 9.53 Å². The van der Waals surface area contributed by atoms with E-state index in [1.807, 2.05) is 0 Å². The number of hydrogen-bond acceptors (Lipinski definition) is 2. The first-order valence-corrected chi connectivity index (χ1v) is 7.76. The van der Waals surface area contributed by atoms with Crippen molar-refractivity contribution in [2.24, 2.45) is 0 Å². The monoisotopic (exact) mass is 315 g/mol. The van der Waals surface area contributed by atoms with Crippen LogP contribution in [-0.4, -0.2) is 23.4 Å². The Kier molecular flexibility index (Phi) is 5.17. The maximum absolute atomic E-state index is 12.2. The van der Waals surface area contributed by atoms with E-state index in [9.17, 15) is 4.79 Å². The van der Waals surface area contributed by atoms with Gasteiger partial charge in [0.25, 0.3) is 5.91 Å². The minimum atomic E-state index is -0.575. The highest BCUT2D eigenvalue weighted by Gasteiger charge is 2.35. The highest BCUT2D eigenvalue weighted by Crippen LogP contribution is 2.31. The summed E-state index contributed by atoms with van der Waals surface area (Å²) >= 11 is 11.9. The number of halogens is 2. The molecule has 1 N–H and O–H groups in total. The molecule has 1 saturated carbocycles. The minimum Gasteiger partial charge on any atom is -0.481 e. The van der Waals surface area contributed by atoms with Gasteiger partial charge < -0.3 is 10.1 Å². The molecule has 0 bridgehead atoms. The van der Waals surface area contributed by atoms with Gasteiger partial charge in [0.1, 0.15) is 5.75 Å². The molecule has 0 radical (unpaired) electrons. The predicted molar refractivity (Wildman–Crippen MR) is 81.6 cm³/mol. The summed E-state index contributed by atoms with van der Waals surface area (Å²) in [5, 5.41) is 3.63. The number of benzene rings is 1. The topological polar surface area (TPSA) is 38.3 Å². The van der Waals surface area contributed by atoms with Crippen LogP contribution in [0.25, 0.3) is 0 Å². The van der Waals surface area contributed by atoms with Crippen molar-refractivity contribution in [3.63, 3.8) is 0 Å². The number of rotatable bonds is 5. The van der Waals surface area contributed by atoms with Crippen LogP contribution in [-0.2, 0) is 4.79 Å². The Balaban J connectivity index is 1.95. The first-order valence-electron chi connectivity index (χ1n) is 6.85. The van der Waals surface area contributed by atoms with E-state index in [4.69, 9.17) is 27.9 Å². The SMILES string of the molecule is CC(Oc1cccc(Cl)c1)C(=O)NC1(CCl)CCCC1. The molecule has 0 spiro atoms. The van der Waals surface area contributed by atoms with Crippen molar-refractivity contribution in [3.05, 3.63) is 29.3 Å². The Morgan fingerprint density at radius 2 is 2.15 bits per heavy atom. The van der Waals surface area contributed by atoms with Crippen molar-refractivity contribution in [3.8, 4) is 5.75 Å². The second-order valence-corrected chi connectivity index (χ2v) is 6.03. The van der Waals surface area contributed by atoms with Gasteiger partial charge in [0.15, 0.2) is 6.10 Å². The molecule has 5 heteroatoms. The van der Waals surface area contributed by atoms with Gasteiger partial charge in [-0.25, -0.2) is 0 Å². The molecule has 20 heavy (non-hydrogen) atoms. The zero-order valence-corrected chi connectivity index (χ0v) is 13.0. The van der Waals surface area contributed by atoms with Crippen molar-refractivity contribution >= 4 is 29.1 Å². The molecule has 1 aliphatic rings. The molecule has 0 saturated heterocycles. The Bertz CT molecular complexity index is 473. The first kappa shape index (κ1) is 15.5. The number of ether oxygens (including phenoxy) is 1. The number of hydrogen-bond donors (Lipinski definition) is 1. The minimum absolute atomic E-state index is 0.132. The van der Waals surface area contributed by atoms with Gasteiger partial charge in [0.05, 0.1) is 5.54 Å². The van der Waals surface area contributed by atoms with Crippen LogP contribution in [0.15, 0.2) is 24.3 Å². The van der Waals surface area contributed by atoms with Gasteiger partial charge in [-0.2, -0.15) is 0 Å². The zero-order valence-electron chi connectivity index (χ0n) is 11.5. The maximum atomic E-state index is 12.2. The van der Waals surface area contributed by atoms with Crippen LogP contribution in [0.1, 0.15) is 32.6 Å². The molecule has 1 atom stereocenters. The molecule has 3 nitrogen and oxygen atoms in total. The summed E-state index contributed by atoms with van der Waals surface area (Å²) in [5.41, 5.74) is -0.259. The van der Waals surface area contributed by atoms with Gasteiger partial charge in [-0.15, -0.1) is 11.6 Å². The highest BCUT2D eigenvalue weighted by atomic mass is 35.5. The second-order valence-electron chi connectivity index (χ2n) is 5.33. The van der Waals surface area contributed by atoms with E-state index in [0.717, 1.165) is 25.7 Å². The summed E-state index contributed by atoms with van der Waals surface area (Å²) in [4.78, 5) is 12.2. The largest absolute Gasteiger partial charge is 0.481 e. The van der Waals surface area contributed by atoms with Crippen LogP contribution < -0.4 is 10.1 Å². The lowest BCUT2D eigenvalue weighted by Gasteiger charge is -2.29. The lowest BCUT2D eigenvalue weighted by atomic mass is 10.00. The Morgan fingerprint density at radius 1 is 1.45 bits per heavy atom. The maximum Gasteiger partial charge on any atom is 0.261 e. The summed E-state index contributed by atoms with van der Waals surface area (Å²) in [6.07, 6.45) is 3.51. The smallest absolute Gasteiger partial charge is 0.261 e. The van der Waals surface area contributed by atoms with Gasteiger partial charge in [0.2, 0.25) is 0 Å². The molecule has 2 rings (SSSR count). The van der Waals surface area contributed by atoms with Gasteiger partial charge >= 0.3 is 0 Å². The summed E-state index contributed by atoms with van der Waals surface area (Å²) in [6.45, 7) is 1.73. The summed E-state index contributed by atoms with van der Waals surface area (Å²) < 4.78 is 5.62. The average Bonchev–Trinajstić information content (AvgIpc) is 2.88. The molecule has 0 aliphatic heterocycles. The van der Waals surface area contributed by atoms with E-state index in [-0.39, 0.29) is 11.4 Å². The van der Waals surface area contributed by atoms with Crippen LogP contribution in [0.4, 0.5) is 0 Å². The third-order valence-corrected chi connectivity index (χ3v) is 4.43. The lowest BCUT2D eigenvalue weighted by Crippen LogP contribution is -2.51. The van der Waals surface area contributed by atoms with Crippen LogP contribution in [0.3, 0.4) is 0 Å². The molecule has 0 heterocycles. The number of nitrogens with one attached hydrogen (secondary N) is 1. The molecule has 1 aliphatic carbocycles. The molecule has 1 unspecified atom stereocenters. The van der Waals surface area contributed by atoms with E-state index in [1.165, 1.54) is 0 Å². The molecular weight excluding hydrogens is 297 g/mol. The van der Waals surface area contributed by atoms with Crippen molar-refractivity contribution in [2.75, 3.05) is 5.88 Å². The van der Waals surface area contributed by atoms with Gasteiger partial charge in [-0.3, -0.25) is 4.79 Å². The van der Waals surface area contributed by atoms with Gasteiger partial charge in [-0.1, -0.05) is 30.5 Å². The van der Waals surface area contributed by atoms with Crippen molar-refractivity contribution in [2.45, 2.75) is 44.2 Å². The summed E-state index contributed by atoms with van der Waals surface area (Å²) in [5.74, 6) is 0.904. The summed E-state index contributed by atoms with van der Waals surface area (Å²) in [6, 6.07) is 7.03. The van der Waals surface area contributed by atoms with Gasteiger partial charge in [-0.05, 0) is 38.0 Å². The zero-order chi connectivity index (χ0) is 14.6. The number of amides is 1. The normalized spacial score (nSPS) is 18.6. The third kappa shape index (κ3) is 3.80. The van der Waals surface area contributed by atoms with E-state index in [2.05, 4.69) is 5.32 Å². The van der Waals surface area contributed by atoms with E-state index in [1.54, 1.807) is 31.2 Å². The quantitative estimate of drug-likeness (QED) is 0.840. The molecule has 0 aromatic heterocycles. The first-order chi connectivity index (χ1) is 9.54. The summed E-state index contributed by atoms with van der Waals surface area (Å²) in [7, 11) is 0. The lowest BCUT2D eigenvalue weighted by molar-refractivity contribution is -0.129. The molecule has 110 valence electrons. The molecule has 1 aromatic rings. The fourth-order valence-corrected chi connectivity index (χ4v) is 3.02. The number of alkyl halides is 1. The number of carbonyl (C=O) groups is 1.